The Bertz CT molecular complexity index is 921. The number of aliphatic hydroxyl groups excluding tert-OH is 1. The van der Waals surface area contributed by atoms with Crippen LogP contribution in [-0.2, 0) is 52.5 Å². The van der Waals surface area contributed by atoms with Gasteiger partial charge in [0, 0.05) is 52.4 Å². The molecule has 2 unspecified atom stereocenters. The predicted octanol–water partition coefficient (Wildman–Crippen LogP) is -0.664. The molecule has 0 aliphatic heterocycles. The molecule has 250 valence electrons. The second-order valence-corrected chi connectivity index (χ2v) is 9.80. The fourth-order valence-corrected chi connectivity index (χ4v) is 3.79. The topological polar surface area (TPSA) is 205 Å². The van der Waals surface area contributed by atoms with Gasteiger partial charge in [0.05, 0.1) is 45.1 Å². The minimum Gasteiger partial charge on any atom is -0.460 e. The summed E-state index contributed by atoms with van der Waals surface area (Å²) in [5.74, 6) is -2.50. The maximum Gasteiger partial charge on any atom is 0.305 e. The van der Waals surface area contributed by atoms with Crippen molar-refractivity contribution in [3.63, 3.8) is 0 Å². The van der Waals surface area contributed by atoms with Gasteiger partial charge in [0.2, 0.25) is 17.7 Å². The monoisotopic (exact) mass is 629 g/mol. The van der Waals surface area contributed by atoms with Crippen LogP contribution in [0.1, 0.15) is 51.9 Å². The van der Waals surface area contributed by atoms with E-state index in [1.54, 1.807) is 0 Å². The minimum atomic E-state index is -0.783. The third-order valence-corrected chi connectivity index (χ3v) is 6.37. The van der Waals surface area contributed by atoms with E-state index < -0.39 is 24.3 Å². The van der Waals surface area contributed by atoms with Crippen LogP contribution in [0.2, 0.25) is 0 Å². The molecule has 2 atom stereocenters. The van der Waals surface area contributed by atoms with Crippen LogP contribution in [-0.4, -0.2) is 119 Å². The van der Waals surface area contributed by atoms with Gasteiger partial charge in [-0.15, -0.1) is 0 Å². The van der Waals surface area contributed by atoms with Crippen LogP contribution < -0.4 is 16.0 Å². The summed E-state index contributed by atoms with van der Waals surface area (Å²) < 4.78 is 26.3. The van der Waals surface area contributed by atoms with E-state index >= 15 is 0 Å². The van der Waals surface area contributed by atoms with Crippen molar-refractivity contribution in [1.29, 1.82) is 0 Å². The molecule has 4 N–H and O–H groups in total. The Morgan fingerprint density at radius 2 is 1.41 bits per heavy atom. The van der Waals surface area contributed by atoms with Crippen molar-refractivity contribution in [3.8, 4) is 0 Å². The van der Waals surface area contributed by atoms with Crippen molar-refractivity contribution in [1.82, 2.24) is 16.0 Å². The molecule has 15 nitrogen and oxygen atoms in total. The zero-order valence-corrected chi connectivity index (χ0v) is 25.6. The number of methoxy groups -OCH3 is 1. The molecule has 44 heavy (non-hydrogen) atoms. The van der Waals surface area contributed by atoms with E-state index in [2.05, 4.69) is 16.0 Å². The first kappa shape index (κ1) is 38.8. The first-order chi connectivity index (χ1) is 21.2. The molecule has 0 radical (unpaired) electrons. The molecule has 0 bridgehead atoms. The number of rotatable bonds is 26. The van der Waals surface area contributed by atoms with Gasteiger partial charge in [0.25, 0.3) is 0 Å². The summed E-state index contributed by atoms with van der Waals surface area (Å²) in [5.41, 5.74) is 0. The van der Waals surface area contributed by atoms with Gasteiger partial charge in [-0.25, -0.2) is 0 Å². The van der Waals surface area contributed by atoms with Gasteiger partial charge in [-0.05, 0) is 31.4 Å². The third-order valence-electron chi connectivity index (χ3n) is 6.37. The average molecular weight is 630 g/mol. The summed E-state index contributed by atoms with van der Waals surface area (Å²) in [6, 6.07) is 0. The Morgan fingerprint density at radius 3 is 2.02 bits per heavy atom. The Labute approximate surface area is 257 Å². The summed E-state index contributed by atoms with van der Waals surface area (Å²) in [6.45, 7) is 3.35. The molecule has 3 amide bonds. The second-order valence-electron chi connectivity index (χ2n) is 9.80. The van der Waals surface area contributed by atoms with Crippen LogP contribution >= 0.6 is 0 Å². The summed E-state index contributed by atoms with van der Waals surface area (Å²) >= 11 is 0. The van der Waals surface area contributed by atoms with Crippen molar-refractivity contribution < 1.29 is 57.6 Å². The highest BCUT2D eigenvalue weighted by atomic mass is 16.7. The van der Waals surface area contributed by atoms with Crippen molar-refractivity contribution >= 4 is 35.3 Å². The summed E-state index contributed by atoms with van der Waals surface area (Å²) in [7, 11) is 1.41. The molecule has 0 aromatic carbocycles. The molecule has 1 aliphatic carbocycles. The molecule has 0 fully saturated rings. The maximum atomic E-state index is 11.9. The molecule has 1 aliphatic rings. The maximum absolute atomic E-state index is 11.9. The lowest BCUT2D eigenvalue weighted by Crippen LogP contribution is -2.35. The highest BCUT2D eigenvalue weighted by Crippen LogP contribution is 2.16. The average Bonchev–Trinajstić information content (AvgIpc) is 3.33. The first-order valence-electron chi connectivity index (χ1n) is 14.9. The number of ether oxygens (including phenoxy) is 5. The van der Waals surface area contributed by atoms with Crippen LogP contribution in [0.5, 0.6) is 0 Å². The zero-order chi connectivity index (χ0) is 32.6. The Morgan fingerprint density at radius 1 is 0.818 bits per heavy atom. The number of aliphatic hydroxyl groups is 1. The fraction of sp³-hybridized carbons (Fsp3) is 0.724. The van der Waals surface area contributed by atoms with E-state index in [0.717, 1.165) is 0 Å². The molecule has 0 aromatic rings. The van der Waals surface area contributed by atoms with Crippen molar-refractivity contribution in [2.24, 2.45) is 5.92 Å². The van der Waals surface area contributed by atoms with Crippen molar-refractivity contribution in [3.05, 3.63) is 12.2 Å². The molecular weight excluding hydrogens is 582 g/mol. The van der Waals surface area contributed by atoms with Crippen LogP contribution in [0.25, 0.3) is 0 Å². The largest absolute Gasteiger partial charge is 0.460 e. The standard InChI is InChI=1S/C29H47N3O12/c1-3-21(19-33)44-29(40-2)20-43-28(39)6-4-5-25(36)30-12-13-31-27(38)11-15-41-17-18-42-16-14-32-26(37)10-7-22-23(34)8-9-24(22)35/h8-9,21-22,29,33H,3-7,10-20H2,1-2H3,(H,30,36)(H,31,38)(H,32,37). The molecule has 0 saturated carbocycles. The van der Waals surface area contributed by atoms with Gasteiger partial charge in [-0.3, -0.25) is 28.8 Å². The lowest BCUT2D eigenvalue weighted by atomic mass is 9.99. The number of carbonyl (C=O) groups is 6. The van der Waals surface area contributed by atoms with Gasteiger partial charge < -0.3 is 44.7 Å². The summed E-state index contributed by atoms with van der Waals surface area (Å²) in [5, 5.41) is 17.2. The van der Waals surface area contributed by atoms with E-state index in [0.29, 0.717) is 12.8 Å². The number of allylic oxidation sites excluding steroid dienone is 2. The van der Waals surface area contributed by atoms with Crippen molar-refractivity contribution in [2.45, 2.75) is 64.3 Å². The quantitative estimate of drug-likeness (QED) is 0.0407. The van der Waals surface area contributed by atoms with Gasteiger partial charge in [0.15, 0.2) is 17.9 Å². The lowest BCUT2D eigenvalue weighted by molar-refractivity contribution is -0.194. The first-order valence-corrected chi connectivity index (χ1v) is 14.9. The van der Waals surface area contributed by atoms with E-state index in [1.165, 1.54) is 19.3 Å². The fourth-order valence-electron chi connectivity index (χ4n) is 3.79. The molecule has 0 heterocycles. The zero-order valence-electron chi connectivity index (χ0n) is 25.6. The number of carbonyl (C=O) groups excluding carboxylic acids is 6. The van der Waals surface area contributed by atoms with Crippen LogP contribution in [0.4, 0.5) is 0 Å². The molecule has 0 saturated heterocycles. The van der Waals surface area contributed by atoms with Crippen LogP contribution in [0.3, 0.4) is 0 Å². The smallest absolute Gasteiger partial charge is 0.305 e. The highest BCUT2D eigenvalue weighted by Gasteiger charge is 2.28. The number of esters is 1. The third kappa shape index (κ3) is 18.4. The van der Waals surface area contributed by atoms with E-state index in [4.69, 9.17) is 23.7 Å². The number of ketones is 2. The highest BCUT2D eigenvalue weighted by molar-refractivity contribution is 6.18. The number of nitrogens with one attached hydrogen (secondary N) is 3. The number of hydrogen-bond acceptors (Lipinski definition) is 12. The van der Waals surface area contributed by atoms with E-state index in [1.807, 2.05) is 6.92 Å². The minimum absolute atomic E-state index is 0.0477. The van der Waals surface area contributed by atoms with Gasteiger partial charge in [0.1, 0.15) is 6.61 Å². The van der Waals surface area contributed by atoms with Gasteiger partial charge in [-0.1, -0.05) is 6.92 Å². The summed E-state index contributed by atoms with van der Waals surface area (Å²) in [4.78, 5) is 70.5. The molecule has 1 rings (SSSR count). The van der Waals surface area contributed by atoms with E-state index in [9.17, 15) is 33.9 Å². The summed E-state index contributed by atoms with van der Waals surface area (Å²) in [6.07, 6.45) is 2.76. The van der Waals surface area contributed by atoms with Crippen LogP contribution in [0.15, 0.2) is 12.2 Å². The normalized spacial score (nSPS) is 14.3. The SMILES string of the molecule is CCC(CO)OC(COC(=O)CCCC(=O)NCCNC(=O)CCOCCOCCNC(=O)CCC1C(=O)C=CC1=O)OC. The lowest BCUT2D eigenvalue weighted by Gasteiger charge is -2.21. The predicted molar refractivity (Wildman–Crippen MR) is 155 cm³/mol. The van der Waals surface area contributed by atoms with Crippen molar-refractivity contribution in [2.75, 3.05) is 66.4 Å². The van der Waals surface area contributed by atoms with Gasteiger partial charge in [-0.2, -0.15) is 0 Å². The Hall–Kier alpha value is -3.24. The molecule has 0 spiro atoms. The molecule has 0 aromatic heterocycles. The van der Waals surface area contributed by atoms with E-state index in [-0.39, 0.29) is 121 Å². The molecular formula is C29H47N3O12. The number of amides is 3. The Balaban J connectivity index is 1.92. The molecule has 15 heteroatoms. The van der Waals surface area contributed by atoms with Gasteiger partial charge >= 0.3 is 5.97 Å². The van der Waals surface area contributed by atoms with Crippen LogP contribution in [0, 0.1) is 5.92 Å². The second kappa shape index (κ2) is 24.1. The number of hydrogen-bond donors (Lipinski definition) is 4. The Kier molecular flexibility index (Phi) is 21.3.